The molecule has 1 fully saturated rings. The first-order valence-electron chi connectivity index (χ1n) is 8.54. The molecule has 1 aliphatic carbocycles. The van der Waals surface area contributed by atoms with Gasteiger partial charge in [0.2, 0.25) is 5.67 Å². The van der Waals surface area contributed by atoms with Gasteiger partial charge in [-0.15, -0.1) is 0 Å². The average Bonchev–Trinajstić information content (AvgIpc) is 3.44. The summed E-state index contributed by atoms with van der Waals surface area (Å²) in [7, 11) is 0. The predicted octanol–water partition coefficient (Wildman–Crippen LogP) is 3.38. The first-order valence-corrected chi connectivity index (χ1v) is 9.30. The maximum atomic E-state index is 15.8. The summed E-state index contributed by atoms with van der Waals surface area (Å²) < 4.78 is 21.3. The van der Waals surface area contributed by atoms with E-state index in [-0.39, 0.29) is 25.1 Å². The second kappa shape index (κ2) is 6.71. The second-order valence-electron chi connectivity index (χ2n) is 6.85. The van der Waals surface area contributed by atoms with Crippen molar-refractivity contribution in [2.24, 2.45) is 0 Å². The fourth-order valence-electron chi connectivity index (χ4n) is 3.62. The number of pyridine rings is 1. The number of alkyl halides is 1. The van der Waals surface area contributed by atoms with Crippen LogP contribution in [-0.2, 0) is 34.0 Å². The van der Waals surface area contributed by atoms with Gasteiger partial charge in [-0.05, 0) is 42.2 Å². The number of hydrogen-bond donors (Lipinski definition) is 2. The number of aliphatic hydroxyl groups excluding tert-OH is 1. The summed E-state index contributed by atoms with van der Waals surface area (Å²) >= 11 is 12.1. The number of amides is 1. The molecule has 1 aromatic carbocycles. The molecule has 4 rings (SSSR count). The van der Waals surface area contributed by atoms with Crippen LogP contribution in [0, 0.1) is 0 Å². The van der Waals surface area contributed by atoms with E-state index in [0.29, 0.717) is 39.9 Å². The molecule has 142 valence electrons. The fourth-order valence-corrected chi connectivity index (χ4v) is 4.23. The third kappa shape index (κ3) is 3.10. The fraction of sp³-hybridized carbons (Fsp3) is 0.368. The molecule has 1 aromatic heterocycles. The Bertz CT molecular complexity index is 920. The van der Waals surface area contributed by atoms with Crippen molar-refractivity contribution in [3.63, 3.8) is 0 Å². The Hall–Kier alpha value is -1.73. The van der Waals surface area contributed by atoms with E-state index in [9.17, 15) is 9.90 Å². The molecule has 8 heteroatoms. The number of halogens is 3. The number of fused-ring (bicyclic) bond motifs is 2. The number of epoxide rings is 1. The standard InChI is InChI=1S/C19H17Cl2FN2O3/c20-12-6-11(9-25)13(15(21)7-12)8-24-17(26)19(22)4-3-18(10-27-18)16-14(19)2-1-5-23-16/h1-2,5-7,25H,3-4,8-10H2,(H,24,26)/t18-,19+/m1/s1. The Morgan fingerprint density at radius 3 is 2.85 bits per heavy atom. The molecule has 0 unspecified atom stereocenters. The molecule has 0 bridgehead atoms. The van der Waals surface area contributed by atoms with Gasteiger partial charge < -0.3 is 15.2 Å². The van der Waals surface area contributed by atoms with Crippen LogP contribution in [0.3, 0.4) is 0 Å². The van der Waals surface area contributed by atoms with E-state index in [1.165, 1.54) is 6.07 Å². The van der Waals surface area contributed by atoms with Crippen LogP contribution in [-0.4, -0.2) is 22.6 Å². The van der Waals surface area contributed by atoms with Crippen LogP contribution in [0.2, 0.25) is 10.0 Å². The molecule has 2 aromatic rings. The van der Waals surface area contributed by atoms with Gasteiger partial charge >= 0.3 is 0 Å². The summed E-state index contributed by atoms with van der Waals surface area (Å²) in [6.07, 6.45) is 1.98. The third-order valence-electron chi connectivity index (χ3n) is 5.24. The first-order chi connectivity index (χ1) is 12.9. The zero-order chi connectivity index (χ0) is 19.2. The van der Waals surface area contributed by atoms with E-state index in [1.807, 2.05) is 0 Å². The zero-order valence-electron chi connectivity index (χ0n) is 14.3. The molecule has 27 heavy (non-hydrogen) atoms. The van der Waals surface area contributed by atoms with Crippen LogP contribution in [0.1, 0.15) is 35.2 Å². The Balaban J connectivity index is 1.59. The predicted molar refractivity (Wildman–Crippen MR) is 98.1 cm³/mol. The molecule has 2 heterocycles. The number of carbonyl (C=O) groups is 1. The summed E-state index contributed by atoms with van der Waals surface area (Å²) in [4.78, 5) is 17.0. The van der Waals surface area contributed by atoms with Gasteiger partial charge in [-0.3, -0.25) is 9.78 Å². The first kappa shape index (κ1) is 18.6. The summed E-state index contributed by atoms with van der Waals surface area (Å²) in [6, 6.07) is 6.28. The lowest BCUT2D eigenvalue weighted by atomic mass is 9.77. The number of aliphatic hydroxyl groups is 1. The lowest BCUT2D eigenvalue weighted by Gasteiger charge is -2.33. The average molecular weight is 411 g/mol. The van der Waals surface area contributed by atoms with Crippen LogP contribution in [0.25, 0.3) is 0 Å². The molecule has 0 radical (unpaired) electrons. The van der Waals surface area contributed by atoms with E-state index in [4.69, 9.17) is 27.9 Å². The summed E-state index contributed by atoms with van der Waals surface area (Å²) in [5.41, 5.74) is -1.01. The number of nitrogens with zero attached hydrogens (tertiary/aromatic N) is 1. The Kier molecular flexibility index (Phi) is 4.63. The Morgan fingerprint density at radius 1 is 1.37 bits per heavy atom. The topological polar surface area (TPSA) is 74.8 Å². The van der Waals surface area contributed by atoms with E-state index < -0.39 is 17.2 Å². The Morgan fingerprint density at radius 2 is 2.15 bits per heavy atom. The SMILES string of the molecule is O=C(NCc1c(Cl)cc(Cl)cc1CO)[C@]1(F)CC[C@@]2(CO2)c2ncccc21. The molecule has 0 saturated carbocycles. The van der Waals surface area contributed by atoms with Gasteiger partial charge in [0.1, 0.15) is 5.60 Å². The van der Waals surface area contributed by atoms with Crippen molar-refractivity contribution >= 4 is 29.1 Å². The normalized spacial score (nSPS) is 25.9. The molecule has 1 saturated heterocycles. The minimum absolute atomic E-state index is 0.0126. The maximum absolute atomic E-state index is 15.8. The lowest BCUT2D eigenvalue weighted by Crippen LogP contribution is -2.45. The van der Waals surface area contributed by atoms with Crippen molar-refractivity contribution in [2.45, 2.75) is 37.3 Å². The molecule has 1 aliphatic heterocycles. The molecule has 5 nitrogen and oxygen atoms in total. The van der Waals surface area contributed by atoms with Crippen molar-refractivity contribution in [2.75, 3.05) is 6.61 Å². The highest BCUT2D eigenvalue weighted by Gasteiger charge is 2.58. The van der Waals surface area contributed by atoms with Crippen molar-refractivity contribution < 1.29 is 19.0 Å². The monoisotopic (exact) mass is 410 g/mol. The minimum atomic E-state index is -2.20. The Labute approximate surface area is 165 Å². The molecule has 2 atom stereocenters. The van der Waals surface area contributed by atoms with Crippen LogP contribution < -0.4 is 5.32 Å². The quantitative estimate of drug-likeness (QED) is 0.757. The molecular weight excluding hydrogens is 394 g/mol. The van der Waals surface area contributed by atoms with E-state index in [0.717, 1.165) is 0 Å². The van der Waals surface area contributed by atoms with Crippen LogP contribution in [0.4, 0.5) is 4.39 Å². The number of carbonyl (C=O) groups excluding carboxylic acids is 1. The van der Waals surface area contributed by atoms with E-state index >= 15 is 4.39 Å². The number of hydrogen-bond acceptors (Lipinski definition) is 4. The molecule has 2 N–H and O–H groups in total. The van der Waals surface area contributed by atoms with Crippen LogP contribution >= 0.6 is 23.2 Å². The van der Waals surface area contributed by atoms with Crippen molar-refractivity contribution in [3.8, 4) is 0 Å². The largest absolute Gasteiger partial charge is 0.392 e. The molecular formula is C19H17Cl2FN2O3. The van der Waals surface area contributed by atoms with Crippen molar-refractivity contribution in [3.05, 3.63) is 62.9 Å². The van der Waals surface area contributed by atoms with Gasteiger partial charge in [-0.1, -0.05) is 29.3 Å². The number of ether oxygens (including phenoxy) is 1. The highest BCUT2D eigenvalue weighted by Crippen LogP contribution is 2.53. The number of aromatic nitrogens is 1. The van der Waals surface area contributed by atoms with E-state index in [1.54, 1.807) is 24.4 Å². The summed E-state index contributed by atoms with van der Waals surface area (Å²) in [5.74, 6) is -0.762. The minimum Gasteiger partial charge on any atom is -0.392 e. The highest BCUT2D eigenvalue weighted by molar-refractivity contribution is 6.35. The van der Waals surface area contributed by atoms with Crippen molar-refractivity contribution in [1.82, 2.24) is 10.3 Å². The van der Waals surface area contributed by atoms with Gasteiger partial charge in [-0.25, -0.2) is 4.39 Å². The lowest BCUT2D eigenvalue weighted by molar-refractivity contribution is -0.135. The molecule has 1 amide bonds. The van der Waals surface area contributed by atoms with E-state index in [2.05, 4.69) is 10.3 Å². The van der Waals surface area contributed by atoms with Gasteiger partial charge in [0, 0.05) is 28.4 Å². The van der Waals surface area contributed by atoms with Gasteiger partial charge in [-0.2, -0.15) is 0 Å². The van der Waals surface area contributed by atoms with Crippen molar-refractivity contribution in [1.29, 1.82) is 0 Å². The molecule has 1 spiro atoms. The summed E-state index contributed by atoms with van der Waals surface area (Å²) in [5, 5.41) is 12.8. The summed E-state index contributed by atoms with van der Waals surface area (Å²) in [6.45, 7) is 0.182. The zero-order valence-corrected chi connectivity index (χ0v) is 15.8. The number of nitrogens with one attached hydrogen (secondary N) is 1. The van der Waals surface area contributed by atoms with Gasteiger partial charge in [0.05, 0.1) is 18.9 Å². The van der Waals surface area contributed by atoms with Gasteiger partial charge in [0.15, 0.2) is 0 Å². The number of rotatable bonds is 4. The van der Waals surface area contributed by atoms with Crippen LogP contribution in [0.15, 0.2) is 30.5 Å². The highest BCUT2D eigenvalue weighted by atomic mass is 35.5. The smallest absolute Gasteiger partial charge is 0.262 e. The van der Waals surface area contributed by atoms with Crippen LogP contribution in [0.5, 0.6) is 0 Å². The maximum Gasteiger partial charge on any atom is 0.262 e. The van der Waals surface area contributed by atoms with Gasteiger partial charge in [0.25, 0.3) is 5.91 Å². The molecule has 2 aliphatic rings. The second-order valence-corrected chi connectivity index (χ2v) is 7.69. The number of benzene rings is 1. The third-order valence-corrected chi connectivity index (χ3v) is 5.80.